The highest BCUT2D eigenvalue weighted by molar-refractivity contribution is 8.00. The quantitative estimate of drug-likeness (QED) is 0.574. The van der Waals surface area contributed by atoms with Crippen molar-refractivity contribution in [1.82, 2.24) is 4.31 Å². The van der Waals surface area contributed by atoms with Gasteiger partial charge in [0.15, 0.2) is 0 Å². The molecule has 0 aliphatic carbocycles. The topological polar surface area (TPSA) is 37.4 Å². The molecule has 0 bridgehead atoms. The first kappa shape index (κ1) is 14.6. The van der Waals surface area contributed by atoms with E-state index in [1.54, 1.807) is 4.31 Å². The van der Waals surface area contributed by atoms with Crippen LogP contribution in [0.3, 0.4) is 0 Å². The van der Waals surface area contributed by atoms with Crippen LogP contribution in [0.1, 0.15) is 26.7 Å². The summed E-state index contributed by atoms with van der Waals surface area (Å²) in [5, 5.41) is 0.790. The van der Waals surface area contributed by atoms with E-state index in [0.717, 1.165) is 6.42 Å². The van der Waals surface area contributed by atoms with Crippen LogP contribution < -0.4 is 0 Å². The van der Waals surface area contributed by atoms with Gasteiger partial charge in [0.2, 0.25) is 10.0 Å². The van der Waals surface area contributed by atoms with E-state index in [1.807, 2.05) is 11.8 Å². The summed E-state index contributed by atoms with van der Waals surface area (Å²) in [4.78, 5) is 0. The zero-order valence-corrected chi connectivity index (χ0v) is 12.2. The van der Waals surface area contributed by atoms with Gasteiger partial charge in [0.05, 0.1) is 5.75 Å². The lowest BCUT2D eigenvalue weighted by Gasteiger charge is -2.33. The van der Waals surface area contributed by atoms with E-state index in [9.17, 15) is 8.42 Å². The smallest absolute Gasteiger partial charge is 0.212 e. The lowest BCUT2D eigenvalue weighted by Crippen LogP contribution is -2.44. The van der Waals surface area contributed by atoms with Crippen LogP contribution in [-0.2, 0) is 10.0 Å². The van der Waals surface area contributed by atoms with E-state index < -0.39 is 10.0 Å². The van der Waals surface area contributed by atoms with E-state index in [4.69, 9.17) is 11.6 Å². The molecule has 2 unspecified atom stereocenters. The summed E-state index contributed by atoms with van der Waals surface area (Å²) >= 11 is 7.41. The fourth-order valence-corrected chi connectivity index (χ4v) is 5.30. The average molecular weight is 286 g/mol. The predicted molar refractivity (Wildman–Crippen MR) is 71.8 cm³/mol. The summed E-state index contributed by atoms with van der Waals surface area (Å²) in [6, 6.07) is 0. The van der Waals surface area contributed by atoms with Gasteiger partial charge in [-0.25, -0.2) is 8.42 Å². The van der Waals surface area contributed by atoms with Crippen LogP contribution >= 0.6 is 23.4 Å². The van der Waals surface area contributed by atoms with Crippen LogP contribution in [0.15, 0.2) is 0 Å². The molecule has 3 nitrogen and oxygen atoms in total. The number of unbranched alkanes of at least 4 members (excludes halogenated alkanes) is 1. The van der Waals surface area contributed by atoms with Crippen molar-refractivity contribution in [2.75, 3.05) is 24.7 Å². The number of nitrogens with zero attached hydrogens (tertiary/aromatic N) is 1. The molecule has 2 atom stereocenters. The monoisotopic (exact) mass is 285 g/mol. The standard InChI is InChI=1S/C10H20ClNO2S2/c1-9-7-12(8-10(2)15-9)16(13,14)6-4-3-5-11/h9-10H,3-8H2,1-2H3. The van der Waals surface area contributed by atoms with Gasteiger partial charge in [0.1, 0.15) is 0 Å². The zero-order chi connectivity index (χ0) is 12.2. The molecule has 96 valence electrons. The van der Waals surface area contributed by atoms with Crippen molar-refractivity contribution in [3.8, 4) is 0 Å². The fraction of sp³-hybridized carbons (Fsp3) is 1.00. The van der Waals surface area contributed by atoms with Gasteiger partial charge in [-0.15, -0.1) is 11.6 Å². The highest BCUT2D eigenvalue weighted by Gasteiger charge is 2.30. The third-order valence-corrected chi connectivity index (χ3v) is 5.95. The molecule has 0 amide bonds. The summed E-state index contributed by atoms with van der Waals surface area (Å²) in [5.41, 5.74) is 0. The maximum atomic E-state index is 12.0. The lowest BCUT2D eigenvalue weighted by molar-refractivity contribution is 0.404. The van der Waals surface area contributed by atoms with E-state index in [2.05, 4.69) is 13.8 Å². The van der Waals surface area contributed by atoms with Gasteiger partial charge < -0.3 is 0 Å². The maximum Gasteiger partial charge on any atom is 0.214 e. The normalized spacial score (nSPS) is 28.2. The Morgan fingerprint density at radius 1 is 1.25 bits per heavy atom. The minimum atomic E-state index is -3.06. The molecule has 1 aliphatic heterocycles. The molecule has 0 spiro atoms. The molecule has 0 saturated carbocycles. The molecule has 0 aromatic heterocycles. The third kappa shape index (κ3) is 4.43. The second kappa shape index (κ2) is 6.47. The van der Waals surface area contributed by atoms with Crippen molar-refractivity contribution in [3.63, 3.8) is 0 Å². The molecule has 6 heteroatoms. The maximum absolute atomic E-state index is 12.0. The second-order valence-corrected chi connectivity index (χ2v) is 8.63. The van der Waals surface area contributed by atoms with E-state index in [1.165, 1.54) is 0 Å². The number of sulfonamides is 1. The molecule has 0 N–H and O–H groups in total. The van der Waals surface area contributed by atoms with Crippen molar-refractivity contribution in [2.24, 2.45) is 0 Å². The summed E-state index contributed by atoms with van der Waals surface area (Å²) in [6.45, 7) is 5.47. The number of hydrogen-bond donors (Lipinski definition) is 0. The molecule has 1 rings (SSSR count). The SMILES string of the molecule is CC1CN(S(=O)(=O)CCCCCl)CC(C)S1. The number of thioether (sulfide) groups is 1. The van der Waals surface area contributed by atoms with Crippen molar-refractivity contribution in [3.05, 3.63) is 0 Å². The summed E-state index contributed by atoms with van der Waals surface area (Å²) in [7, 11) is -3.06. The molecular weight excluding hydrogens is 266 g/mol. The molecule has 0 radical (unpaired) electrons. The minimum absolute atomic E-state index is 0.240. The molecule has 16 heavy (non-hydrogen) atoms. The molecule has 1 fully saturated rings. The fourth-order valence-electron chi connectivity index (χ4n) is 1.87. The first-order valence-electron chi connectivity index (χ1n) is 5.65. The molecule has 1 aliphatic rings. The number of halogens is 1. The molecule has 0 aromatic rings. The summed E-state index contributed by atoms with van der Waals surface area (Å²) < 4.78 is 25.7. The first-order valence-corrected chi connectivity index (χ1v) is 8.73. The van der Waals surface area contributed by atoms with E-state index >= 15 is 0 Å². The molecule has 1 heterocycles. The first-order chi connectivity index (χ1) is 7.45. The Labute approximate surface area is 108 Å². The van der Waals surface area contributed by atoms with Crippen LogP contribution in [0.2, 0.25) is 0 Å². The number of hydrogen-bond acceptors (Lipinski definition) is 3. The Bertz CT molecular complexity index is 298. The minimum Gasteiger partial charge on any atom is -0.212 e. The van der Waals surface area contributed by atoms with Crippen molar-refractivity contribution in [2.45, 2.75) is 37.2 Å². The zero-order valence-electron chi connectivity index (χ0n) is 9.86. The Balaban J connectivity index is 2.53. The van der Waals surface area contributed by atoms with Crippen LogP contribution in [-0.4, -0.2) is 47.9 Å². The highest BCUT2D eigenvalue weighted by atomic mass is 35.5. The van der Waals surface area contributed by atoms with Gasteiger partial charge in [0, 0.05) is 29.5 Å². The van der Waals surface area contributed by atoms with Gasteiger partial charge >= 0.3 is 0 Å². The van der Waals surface area contributed by atoms with Crippen molar-refractivity contribution >= 4 is 33.4 Å². The lowest BCUT2D eigenvalue weighted by atomic mass is 10.4. The van der Waals surface area contributed by atoms with Gasteiger partial charge in [-0.05, 0) is 12.8 Å². The van der Waals surface area contributed by atoms with E-state index in [-0.39, 0.29) is 5.75 Å². The van der Waals surface area contributed by atoms with Gasteiger partial charge in [-0.3, -0.25) is 0 Å². The van der Waals surface area contributed by atoms with Crippen LogP contribution in [0.4, 0.5) is 0 Å². The van der Waals surface area contributed by atoms with Gasteiger partial charge in [0.25, 0.3) is 0 Å². The van der Waals surface area contributed by atoms with Crippen LogP contribution in [0.5, 0.6) is 0 Å². The Morgan fingerprint density at radius 2 is 1.81 bits per heavy atom. The molecule has 0 aromatic carbocycles. The van der Waals surface area contributed by atoms with Crippen molar-refractivity contribution in [1.29, 1.82) is 0 Å². The third-order valence-electron chi connectivity index (χ3n) is 2.57. The second-order valence-electron chi connectivity index (χ2n) is 4.29. The Kier molecular flexibility index (Phi) is 5.91. The highest BCUT2D eigenvalue weighted by Crippen LogP contribution is 2.26. The van der Waals surface area contributed by atoms with Gasteiger partial charge in [-0.2, -0.15) is 16.1 Å². The summed E-state index contributed by atoms with van der Waals surface area (Å²) in [5.74, 6) is 0.780. The Morgan fingerprint density at radius 3 is 2.31 bits per heavy atom. The largest absolute Gasteiger partial charge is 0.214 e. The van der Waals surface area contributed by atoms with E-state index in [0.29, 0.717) is 35.9 Å². The van der Waals surface area contributed by atoms with Gasteiger partial charge in [-0.1, -0.05) is 13.8 Å². The van der Waals surface area contributed by atoms with Crippen LogP contribution in [0, 0.1) is 0 Å². The predicted octanol–water partition coefficient (Wildman–Crippen LogP) is 2.16. The van der Waals surface area contributed by atoms with Crippen LogP contribution in [0.25, 0.3) is 0 Å². The molecular formula is C10H20ClNO2S2. The number of rotatable bonds is 5. The number of alkyl halides is 1. The summed E-state index contributed by atoms with van der Waals surface area (Å²) in [6.07, 6.45) is 1.44. The average Bonchev–Trinajstić information content (AvgIpc) is 2.16. The molecule has 1 saturated heterocycles. The van der Waals surface area contributed by atoms with Crippen molar-refractivity contribution < 1.29 is 8.42 Å². The Hall–Kier alpha value is 0.550.